The lowest BCUT2D eigenvalue weighted by Crippen LogP contribution is -2.54. The first-order valence-corrected chi connectivity index (χ1v) is 10.3. The Balaban J connectivity index is 1.72. The van der Waals surface area contributed by atoms with Crippen molar-refractivity contribution in [2.24, 2.45) is 5.16 Å². The molecular weight excluding hydrogens is 384 g/mol. The van der Waals surface area contributed by atoms with Crippen molar-refractivity contribution in [3.63, 3.8) is 0 Å². The fraction of sp³-hybridized carbons (Fsp3) is 0.409. The quantitative estimate of drug-likeness (QED) is 0.572. The Morgan fingerprint density at radius 3 is 2.66 bits per heavy atom. The smallest absolute Gasteiger partial charge is 0.265 e. The summed E-state index contributed by atoms with van der Waals surface area (Å²) in [6.07, 6.45) is 0.734. The molecule has 1 aromatic heterocycles. The summed E-state index contributed by atoms with van der Waals surface area (Å²) in [5.74, 6) is -0.338. The molecule has 2 N–H and O–H groups in total. The summed E-state index contributed by atoms with van der Waals surface area (Å²) in [5, 5.41) is 20.8. The Morgan fingerprint density at radius 1 is 1.31 bits per heavy atom. The summed E-state index contributed by atoms with van der Waals surface area (Å²) < 4.78 is 0. The van der Waals surface area contributed by atoms with Gasteiger partial charge in [0.15, 0.2) is 6.61 Å². The van der Waals surface area contributed by atoms with Crippen LogP contribution < -0.4 is 10.6 Å². The fourth-order valence-electron chi connectivity index (χ4n) is 3.82. The summed E-state index contributed by atoms with van der Waals surface area (Å²) in [6, 6.07) is 11.9. The lowest BCUT2D eigenvalue weighted by atomic mass is 9.81. The Kier molecular flexibility index (Phi) is 5.78. The molecule has 7 heteroatoms. The SMILES string of the molecule is C/C(=N/OCC(=O)Nc1sc2c(c1C#N)CC(C)(C)NC2(C)C)c1ccccc1. The van der Waals surface area contributed by atoms with Gasteiger partial charge in [-0.25, -0.2) is 0 Å². The Labute approximate surface area is 175 Å². The minimum Gasteiger partial charge on any atom is -0.385 e. The van der Waals surface area contributed by atoms with Crippen LogP contribution in [-0.2, 0) is 21.6 Å². The van der Waals surface area contributed by atoms with Crippen LogP contribution in [0.3, 0.4) is 0 Å². The minimum atomic E-state index is -0.338. The van der Waals surface area contributed by atoms with E-state index in [9.17, 15) is 10.1 Å². The summed E-state index contributed by atoms with van der Waals surface area (Å²) in [4.78, 5) is 18.7. The van der Waals surface area contributed by atoms with Gasteiger partial charge in [0.2, 0.25) is 0 Å². The van der Waals surface area contributed by atoms with Gasteiger partial charge < -0.3 is 15.5 Å². The number of thiophene rings is 1. The Hall–Kier alpha value is -2.69. The number of carbonyl (C=O) groups excluding carboxylic acids is 1. The number of nitrogens with zero attached hydrogens (tertiary/aromatic N) is 2. The number of nitrogens with one attached hydrogen (secondary N) is 2. The maximum absolute atomic E-state index is 12.4. The van der Waals surface area contributed by atoms with E-state index in [-0.39, 0.29) is 23.6 Å². The first-order chi connectivity index (χ1) is 13.6. The Bertz CT molecular complexity index is 984. The van der Waals surface area contributed by atoms with Crippen LogP contribution in [0.25, 0.3) is 0 Å². The van der Waals surface area contributed by atoms with Crippen LogP contribution in [0.4, 0.5) is 5.00 Å². The topological polar surface area (TPSA) is 86.5 Å². The van der Waals surface area contributed by atoms with E-state index >= 15 is 0 Å². The van der Waals surface area contributed by atoms with E-state index in [0.29, 0.717) is 16.3 Å². The fourth-order valence-corrected chi connectivity index (χ4v) is 5.06. The van der Waals surface area contributed by atoms with Gasteiger partial charge in [-0.3, -0.25) is 4.79 Å². The summed E-state index contributed by atoms with van der Waals surface area (Å²) >= 11 is 1.45. The molecule has 1 aromatic carbocycles. The first kappa shape index (κ1) is 21.0. The number of anilines is 1. The number of carbonyl (C=O) groups is 1. The van der Waals surface area contributed by atoms with Crippen molar-refractivity contribution in [2.75, 3.05) is 11.9 Å². The molecule has 0 atom stereocenters. The van der Waals surface area contributed by atoms with Crippen LogP contribution >= 0.6 is 11.3 Å². The van der Waals surface area contributed by atoms with E-state index in [2.05, 4.69) is 49.6 Å². The standard InChI is InChI=1S/C22H26N4O2S/c1-14(15-9-7-6-8-10-15)25-28-13-18(27)24-20-17(12-23)16-11-21(2,3)26-22(4,5)19(16)29-20/h6-10,26H,11,13H2,1-5H3,(H,24,27)/b25-14-. The van der Waals surface area contributed by atoms with Crippen molar-refractivity contribution in [1.29, 1.82) is 5.26 Å². The molecule has 0 saturated carbocycles. The zero-order chi connectivity index (χ0) is 21.2. The Morgan fingerprint density at radius 2 is 2.00 bits per heavy atom. The summed E-state index contributed by atoms with van der Waals surface area (Å²) in [7, 11) is 0. The molecule has 0 saturated heterocycles. The minimum absolute atomic E-state index is 0.128. The van der Waals surface area contributed by atoms with Gasteiger partial charge in [-0.1, -0.05) is 35.5 Å². The summed E-state index contributed by atoms with van der Waals surface area (Å²) in [5.41, 5.74) is 2.78. The van der Waals surface area contributed by atoms with E-state index in [1.54, 1.807) is 0 Å². The molecule has 1 aliphatic heterocycles. The molecule has 2 aromatic rings. The zero-order valence-electron chi connectivity index (χ0n) is 17.4. The second-order valence-electron chi connectivity index (χ2n) is 8.40. The number of fused-ring (bicyclic) bond motifs is 1. The lowest BCUT2D eigenvalue weighted by Gasteiger charge is -2.42. The van der Waals surface area contributed by atoms with Crippen molar-refractivity contribution in [2.45, 2.75) is 52.1 Å². The molecule has 0 aliphatic carbocycles. The first-order valence-electron chi connectivity index (χ1n) is 9.50. The average molecular weight is 411 g/mol. The molecule has 0 unspecified atom stereocenters. The van der Waals surface area contributed by atoms with Crippen LogP contribution in [0.5, 0.6) is 0 Å². The highest BCUT2D eigenvalue weighted by atomic mass is 32.1. The van der Waals surface area contributed by atoms with E-state index in [1.807, 2.05) is 37.3 Å². The molecule has 0 spiro atoms. The van der Waals surface area contributed by atoms with Crippen LogP contribution in [0.2, 0.25) is 0 Å². The second-order valence-corrected chi connectivity index (χ2v) is 9.42. The molecule has 6 nitrogen and oxygen atoms in total. The van der Waals surface area contributed by atoms with Crippen molar-refractivity contribution in [3.8, 4) is 6.07 Å². The predicted octanol–water partition coefficient (Wildman–Crippen LogP) is 4.16. The van der Waals surface area contributed by atoms with Crippen LogP contribution in [-0.4, -0.2) is 23.8 Å². The number of amides is 1. The normalized spacial score (nSPS) is 17.2. The number of benzene rings is 1. The third-order valence-electron chi connectivity index (χ3n) is 4.80. The highest BCUT2D eigenvalue weighted by Gasteiger charge is 2.40. The summed E-state index contributed by atoms with van der Waals surface area (Å²) in [6.45, 7) is 10.0. The van der Waals surface area contributed by atoms with Gasteiger partial charge in [-0.05, 0) is 52.2 Å². The van der Waals surface area contributed by atoms with Gasteiger partial charge in [-0.15, -0.1) is 11.3 Å². The maximum Gasteiger partial charge on any atom is 0.265 e. The van der Waals surface area contributed by atoms with Crippen LogP contribution in [0, 0.1) is 11.3 Å². The molecule has 0 bridgehead atoms. The molecule has 2 heterocycles. The highest BCUT2D eigenvalue weighted by molar-refractivity contribution is 7.17. The number of rotatable bonds is 5. The molecule has 1 aliphatic rings. The second kappa shape index (κ2) is 7.97. The largest absolute Gasteiger partial charge is 0.385 e. The number of nitriles is 1. The molecule has 1 amide bonds. The third-order valence-corrected chi connectivity index (χ3v) is 6.27. The van der Waals surface area contributed by atoms with Gasteiger partial charge in [-0.2, -0.15) is 5.26 Å². The zero-order valence-corrected chi connectivity index (χ0v) is 18.2. The van der Waals surface area contributed by atoms with Gasteiger partial charge in [0.25, 0.3) is 5.91 Å². The highest BCUT2D eigenvalue weighted by Crippen LogP contribution is 2.44. The monoisotopic (exact) mass is 410 g/mol. The van der Waals surface area contributed by atoms with Crippen molar-refractivity contribution in [3.05, 3.63) is 51.9 Å². The van der Waals surface area contributed by atoms with Crippen molar-refractivity contribution < 1.29 is 9.63 Å². The van der Waals surface area contributed by atoms with Crippen molar-refractivity contribution in [1.82, 2.24) is 5.32 Å². The average Bonchev–Trinajstić information content (AvgIpc) is 2.98. The van der Waals surface area contributed by atoms with Crippen LogP contribution in [0.15, 0.2) is 35.5 Å². The molecule has 29 heavy (non-hydrogen) atoms. The van der Waals surface area contributed by atoms with E-state index in [1.165, 1.54) is 11.3 Å². The third kappa shape index (κ3) is 4.66. The van der Waals surface area contributed by atoms with Gasteiger partial charge in [0.1, 0.15) is 11.1 Å². The van der Waals surface area contributed by atoms with Crippen LogP contribution in [0.1, 0.15) is 56.2 Å². The molecule has 0 radical (unpaired) electrons. The molecular formula is C22H26N4O2S. The number of oxime groups is 1. The van der Waals surface area contributed by atoms with Gasteiger partial charge >= 0.3 is 0 Å². The molecule has 3 rings (SSSR count). The van der Waals surface area contributed by atoms with E-state index < -0.39 is 0 Å². The lowest BCUT2D eigenvalue weighted by molar-refractivity contribution is -0.120. The maximum atomic E-state index is 12.4. The molecule has 152 valence electrons. The predicted molar refractivity (Wildman–Crippen MR) is 116 cm³/mol. The van der Waals surface area contributed by atoms with E-state index in [0.717, 1.165) is 22.4 Å². The van der Waals surface area contributed by atoms with Crippen molar-refractivity contribution >= 4 is 28.0 Å². The van der Waals surface area contributed by atoms with E-state index in [4.69, 9.17) is 4.84 Å². The number of hydrogen-bond acceptors (Lipinski definition) is 6. The molecule has 0 fully saturated rings. The van der Waals surface area contributed by atoms with Gasteiger partial charge in [0, 0.05) is 16.0 Å². The van der Waals surface area contributed by atoms with Gasteiger partial charge in [0.05, 0.1) is 11.3 Å². The number of hydrogen-bond donors (Lipinski definition) is 2.